The van der Waals surface area contributed by atoms with Gasteiger partial charge in [0.25, 0.3) is 0 Å². The standard InChI is InChI=1S/C22H19ClN2O3S/c23-15-2-4-19-16(10-15)21(18(11-24-19)14-5-7-29-8-6-14)25-20-3-1-13(12-26)9-17(20)22(27)28/h1-5,9-11,26H,6-8,12H2,(H,24,25)(H,27,28). The fourth-order valence-corrected chi connectivity index (χ4v) is 4.45. The number of rotatable bonds is 5. The third-order valence-corrected chi connectivity index (χ3v) is 6.03. The molecule has 1 aromatic heterocycles. The summed E-state index contributed by atoms with van der Waals surface area (Å²) in [5, 5.41) is 23.8. The number of carboxylic acids is 1. The smallest absolute Gasteiger partial charge is 0.337 e. The van der Waals surface area contributed by atoms with Crippen LogP contribution in [0.1, 0.15) is 27.9 Å². The fourth-order valence-electron chi connectivity index (χ4n) is 3.42. The molecule has 0 radical (unpaired) electrons. The van der Waals surface area contributed by atoms with Gasteiger partial charge in [0.2, 0.25) is 0 Å². The van der Waals surface area contributed by atoms with Crippen molar-refractivity contribution in [2.75, 3.05) is 16.8 Å². The molecule has 0 fully saturated rings. The fraction of sp³-hybridized carbons (Fsp3) is 0.182. The normalized spacial score (nSPS) is 13.9. The molecule has 0 saturated heterocycles. The van der Waals surface area contributed by atoms with E-state index in [0.717, 1.165) is 40.1 Å². The summed E-state index contributed by atoms with van der Waals surface area (Å²) in [6.07, 6.45) is 4.95. The van der Waals surface area contributed by atoms with E-state index in [1.807, 2.05) is 30.1 Å². The van der Waals surface area contributed by atoms with Gasteiger partial charge in [-0.3, -0.25) is 4.98 Å². The van der Waals surface area contributed by atoms with Crippen molar-refractivity contribution in [3.63, 3.8) is 0 Å². The number of aliphatic hydroxyl groups is 1. The van der Waals surface area contributed by atoms with Crippen LogP contribution in [0.2, 0.25) is 5.02 Å². The molecule has 4 rings (SSSR count). The highest BCUT2D eigenvalue weighted by atomic mass is 35.5. The summed E-state index contributed by atoms with van der Waals surface area (Å²) in [6, 6.07) is 10.4. The molecule has 0 amide bonds. The number of thioether (sulfide) groups is 1. The molecule has 0 saturated carbocycles. The summed E-state index contributed by atoms with van der Waals surface area (Å²) in [7, 11) is 0. The number of halogens is 1. The second-order valence-electron chi connectivity index (χ2n) is 6.73. The Balaban J connectivity index is 1.91. The Morgan fingerprint density at radius 3 is 2.83 bits per heavy atom. The average molecular weight is 427 g/mol. The molecule has 0 atom stereocenters. The Labute approximate surface area is 177 Å². The Bertz CT molecular complexity index is 1130. The molecule has 0 spiro atoms. The number of fused-ring (bicyclic) bond motifs is 1. The van der Waals surface area contributed by atoms with Crippen LogP contribution in [-0.2, 0) is 6.61 Å². The van der Waals surface area contributed by atoms with Gasteiger partial charge in [-0.25, -0.2) is 4.79 Å². The first-order chi connectivity index (χ1) is 14.1. The number of nitrogens with zero attached hydrogens (tertiary/aromatic N) is 1. The molecule has 7 heteroatoms. The average Bonchev–Trinajstić information content (AvgIpc) is 2.74. The molecule has 0 bridgehead atoms. The molecule has 2 heterocycles. The molecule has 3 N–H and O–H groups in total. The number of aromatic carboxylic acids is 1. The molecule has 0 aliphatic carbocycles. The summed E-state index contributed by atoms with van der Waals surface area (Å²) in [6.45, 7) is -0.218. The minimum atomic E-state index is -1.06. The van der Waals surface area contributed by atoms with Gasteiger partial charge in [0.05, 0.1) is 29.1 Å². The Kier molecular flexibility index (Phi) is 5.76. The van der Waals surface area contributed by atoms with E-state index in [0.29, 0.717) is 16.3 Å². The van der Waals surface area contributed by atoms with E-state index in [-0.39, 0.29) is 12.2 Å². The van der Waals surface area contributed by atoms with Crippen molar-refractivity contribution in [1.29, 1.82) is 0 Å². The summed E-state index contributed by atoms with van der Waals surface area (Å²) < 4.78 is 0. The van der Waals surface area contributed by atoms with Crippen molar-refractivity contribution in [3.8, 4) is 0 Å². The Hall–Kier alpha value is -2.54. The molecule has 1 aliphatic heterocycles. The van der Waals surface area contributed by atoms with Crippen LogP contribution in [0.3, 0.4) is 0 Å². The van der Waals surface area contributed by atoms with Gasteiger partial charge in [0, 0.05) is 27.9 Å². The van der Waals surface area contributed by atoms with Gasteiger partial charge in [0.1, 0.15) is 0 Å². The summed E-state index contributed by atoms with van der Waals surface area (Å²) >= 11 is 8.14. The van der Waals surface area contributed by atoms with Crippen molar-refractivity contribution in [3.05, 3.63) is 70.4 Å². The maximum Gasteiger partial charge on any atom is 0.337 e. The minimum Gasteiger partial charge on any atom is -0.478 e. The second kappa shape index (κ2) is 8.45. The minimum absolute atomic E-state index is 0.0997. The lowest BCUT2D eigenvalue weighted by Gasteiger charge is -2.20. The number of allylic oxidation sites excluding steroid dienone is 1. The summed E-state index contributed by atoms with van der Waals surface area (Å²) in [4.78, 5) is 16.4. The van der Waals surface area contributed by atoms with Gasteiger partial charge in [-0.05, 0) is 53.6 Å². The molecule has 5 nitrogen and oxygen atoms in total. The van der Waals surface area contributed by atoms with Crippen LogP contribution in [-0.4, -0.2) is 32.7 Å². The highest BCUT2D eigenvalue weighted by Gasteiger charge is 2.18. The van der Waals surface area contributed by atoms with Crippen LogP contribution in [0.4, 0.5) is 11.4 Å². The SMILES string of the molecule is O=C(O)c1cc(CO)ccc1Nc1c(C2=CCSCC2)cnc2ccc(Cl)cc12. The van der Waals surface area contributed by atoms with Gasteiger partial charge in [-0.15, -0.1) is 0 Å². The second-order valence-corrected chi connectivity index (χ2v) is 8.32. The van der Waals surface area contributed by atoms with E-state index >= 15 is 0 Å². The predicted molar refractivity (Wildman–Crippen MR) is 119 cm³/mol. The van der Waals surface area contributed by atoms with E-state index < -0.39 is 5.97 Å². The van der Waals surface area contributed by atoms with Crippen molar-refractivity contribution in [2.24, 2.45) is 0 Å². The highest BCUT2D eigenvalue weighted by Crippen LogP contribution is 2.38. The van der Waals surface area contributed by atoms with Crippen molar-refractivity contribution < 1.29 is 15.0 Å². The molecule has 3 aromatic rings. The molecular weight excluding hydrogens is 408 g/mol. The van der Waals surface area contributed by atoms with E-state index in [1.54, 1.807) is 18.2 Å². The quantitative estimate of drug-likeness (QED) is 0.510. The lowest BCUT2D eigenvalue weighted by molar-refractivity contribution is 0.0698. The first-order valence-electron chi connectivity index (χ1n) is 9.16. The van der Waals surface area contributed by atoms with Gasteiger partial charge in [-0.2, -0.15) is 11.8 Å². The van der Waals surface area contributed by atoms with Crippen LogP contribution in [0.25, 0.3) is 16.5 Å². The van der Waals surface area contributed by atoms with Crippen LogP contribution < -0.4 is 5.32 Å². The maximum absolute atomic E-state index is 11.8. The maximum atomic E-state index is 11.8. The first-order valence-corrected chi connectivity index (χ1v) is 10.7. The van der Waals surface area contributed by atoms with Crippen LogP contribution in [0, 0.1) is 0 Å². The summed E-state index contributed by atoms with van der Waals surface area (Å²) in [5.74, 6) is 0.910. The number of aromatic nitrogens is 1. The highest BCUT2D eigenvalue weighted by molar-refractivity contribution is 7.99. The van der Waals surface area contributed by atoms with Crippen LogP contribution in [0.5, 0.6) is 0 Å². The largest absolute Gasteiger partial charge is 0.478 e. The van der Waals surface area contributed by atoms with Gasteiger partial charge in [-0.1, -0.05) is 23.7 Å². The lowest BCUT2D eigenvalue weighted by atomic mass is 9.99. The van der Waals surface area contributed by atoms with E-state index in [1.165, 1.54) is 11.6 Å². The van der Waals surface area contributed by atoms with E-state index in [9.17, 15) is 15.0 Å². The zero-order valence-electron chi connectivity index (χ0n) is 15.5. The van der Waals surface area contributed by atoms with Gasteiger partial charge >= 0.3 is 5.97 Å². The molecule has 0 unspecified atom stereocenters. The van der Waals surface area contributed by atoms with Crippen LogP contribution >= 0.6 is 23.4 Å². The Morgan fingerprint density at radius 1 is 1.24 bits per heavy atom. The summed E-state index contributed by atoms with van der Waals surface area (Å²) in [5.41, 5.74) is 4.79. The molecular formula is C22H19ClN2O3S. The number of hydrogen-bond donors (Lipinski definition) is 3. The number of pyridine rings is 1. The van der Waals surface area contributed by atoms with Crippen molar-refractivity contribution >= 4 is 57.2 Å². The van der Waals surface area contributed by atoms with Gasteiger partial charge < -0.3 is 15.5 Å². The predicted octanol–water partition coefficient (Wildman–Crippen LogP) is 5.34. The van der Waals surface area contributed by atoms with Crippen molar-refractivity contribution in [1.82, 2.24) is 4.98 Å². The zero-order valence-corrected chi connectivity index (χ0v) is 17.1. The first kappa shape index (κ1) is 19.8. The lowest BCUT2D eigenvalue weighted by Crippen LogP contribution is -2.07. The number of hydrogen-bond acceptors (Lipinski definition) is 5. The third-order valence-electron chi connectivity index (χ3n) is 4.90. The topological polar surface area (TPSA) is 82.5 Å². The number of benzene rings is 2. The van der Waals surface area contributed by atoms with Crippen molar-refractivity contribution in [2.45, 2.75) is 13.0 Å². The number of aliphatic hydroxyl groups excluding tert-OH is 1. The Morgan fingerprint density at radius 2 is 2.10 bits per heavy atom. The number of carbonyl (C=O) groups is 1. The number of nitrogens with one attached hydrogen (secondary N) is 1. The molecule has 148 valence electrons. The van der Waals surface area contributed by atoms with E-state index in [2.05, 4.69) is 16.4 Å². The van der Waals surface area contributed by atoms with E-state index in [4.69, 9.17) is 11.6 Å². The molecule has 1 aliphatic rings. The zero-order chi connectivity index (χ0) is 20.4. The number of anilines is 2. The molecule has 29 heavy (non-hydrogen) atoms. The van der Waals surface area contributed by atoms with Gasteiger partial charge in [0.15, 0.2) is 0 Å². The monoisotopic (exact) mass is 426 g/mol. The number of carboxylic acid groups (broad SMARTS) is 1. The third kappa shape index (κ3) is 4.10. The van der Waals surface area contributed by atoms with Crippen LogP contribution in [0.15, 0.2) is 48.7 Å². The molecule has 2 aromatic carbocycles.